The minimum absolute atomic E-state index is 0.0897. The van der Waals surface area contributed by atoms with Crippen molar-refractivity contribution >= 4 is 5.91 Å². The Bertz CT molecular complexity index is 167. The molecule has 13 heavy (non-hydrogen) atoms. The lowest BCUT2D eigenvalue weighted by atomic mass is 10.1. The number of carbonyl (C=O) groups is 1. The van der Waals surface area contributed by atoms with Gasteiger partial charge in [-0.1, -0.05) is 0 Å². The van der Waals surface area contributed by atoms with E-state index >= 15 is 0 Å². The number of carbonyl (C=O) groups excluding carboxylic acids is 1. The molecule has 0 saturated heterocycles. The molecule has 0 radical (unpaired) electrons. The molecule has 0 rings (SSSR count). The third-order valence-corrected chi connectivity index (χ3v) is 1.86. The Kier molecular flexibility index (Phi) is 4.90. The number of aliphatic hydroxyl groups is 2. The van der Waals surface area contributed by atoms with Crippen molar-refractivity contribution in [2.75, 3.05) is 33.9 Å². The van der Waals surface area contributed by atoms with Crippen LogP contribution in [0.4, 0.5) is 0 Å². The average Bonchev–Trinajstić information content (AvgIpc) is 2.13. The normalized spacial score (nSPS) is 11.5. The summed E-state index contributed by atoms with van der Waals surface area (Å²) < 4.78 is 0. The minimum Gasteiger partial charge on any atom is -0.394 e. The molecule has 0 aromatic rings. The van der Waals surface area contributed by atoms with Gasteiger partial charge in [0.2, 0.25) is 5.91 Å². The fourth-order valence-electron chi connectivity index (χ4n) is 0.609. The maximum absolute atomic E-state index is 11.1. The van der Waals surface area contributed by atoms with Crippen LogP contribution < -0.4 is 5.32 Å². The maximum atomic E-state index is 11.1. The molecular weight excluding hydrogens is 172 g/mol. The van der Waals surface area contributed by atoms with Crippen LogP contribution in [0.25, 0.3) is 0 Å². The van der Waals surface area contributed by atoms with Gasteiger partial charge in [0.05, 0.1) is 25.3 Å². The highest BCUT2D eigenvalue weighted by Gasteiger charge is 2.22. The van der Waals surface area contributed by atoms with E-state index in [1.54, 1.807) is 21.0 Å². The molecule has 0 spiro atoms. The molecule has 0 aliphatic heterocycles. The van der Waals surface area contributed by atoms with Crippen molar-refractivity contribution in [2.24, 2.45) is 0 Å². The zero-order valence-corrected chi connectivity index (χ0v) is 8.37. The van der Waals surface area contributed by atoms with E-state index in [0.717, 1.165) is 0 Å². The second-order valence-electron chi connectivity index (χ2n) is 3.52. The Morgan fingerprint density at radius 1 is 1.38 bits per heavy atom. The molecule has 0 aromatic carbocycles. The predicted molar refractivity (Wildman–Crippen MR) is 49.3 cm³/mol. The second-order valence-corrected chi connectivity index (χ2v) is 3.52. The molecule has 0 unspecified atom stereocenters. The molecule has 0 aromatic heterocycles. The topological polar surface area (TPSA) is 72.8 Å². The summed E-state index contributed by atoms with van der Waals surface area (Å²) >= 11 is 0. The molecule has 0 heterocycles. The van der Waals surface area contributed by atoms with E-state index in [2.05, 4.69) is 5.32 Å². The summed E-state index contributed by atoms with van der Waals surface area (Å²) in [7, 11) is 3.30. The summed E-state index contributed by atoms with van der Waals surface area (Å²) in [6.07, 6.45) is 0. The van der Waals surface area contributed by atoms with Crippen LogP contribution in [0, 0.1) is 0 Å². The van der Waals surface area contributed by atoms with Gasteiger partial charge in [-0.05, 0) is 6.92 Å². The third-order valence-electron chi connectivity index (χ3n) is 1.86. The number of hydrogen-bond acceptors (Lipinski definition) is 4. The van der Waals surface area contributed by atoms with Gasteiger partial charge in [0.25, 0.3) is 0 Å². The van der Waals surface area contributed by atoms with E-state index in [-0.39, 0.29) is 25.7 Å². The molecule has 0 saturated carbocycles. The van der Waals surface area contributed by atoms with Crippen LogP contribution in [0.2, 0.25) is 0 Å². The fraction of sp³-hybridized carbons (Fsp3) is 0.875. The van der Waals surface area contributed by atoms with Gasteiger partial charge in [-0.25, -0.2) is 0 Å². The Hall–Kier alpha value is -0.650. The highest BCUT2D eigenvalue weighted by Crippen LogP contribution is 1.99. The number of aliphatic hydroxyl groups excluding tert-OH is 2. The predicted octanol–water partition coefficient (Wildman–Crippen LogP) is -1.59. The van der Waals surface area contributed by atoms with Crippen LogP contribution in [0.15, 0.2) is 0 Å². The highest BCUT2D eigenvalue weighted by atomic mass is 16.3. The maximum Gasteiger partial charge on any atom is 0.236 e. The average molecular weight is 190 g/mol. The zero-order chi connectivity index (χ0) is 10.5. The lowest BCUT2D eigenvalue weighted by Crippen LogP contribution is -2.52. The standard InChI is InChI=1S/C8H18N2O3/c1-8(5-11,6-12)9-4-7(13)10(2)3/h9,11-12H,4-6H2,1-3H3. The summed E-state index contributed by atoms with van der Waals surface area (Å²) in [5.74, 6) is -0.0897. The molecule has 78 valence electrons. The zero-order valence-electron chi connectivity index (χ0n) is 8.37. The Labute approximate surface area is 78.4 Å². The van der Waals surface area contributed by atoms with E-state index in [1.165, 1.54) is 4.90 Å². The summed E-state index contributed by atoms with van der Waals surface area (Å²) in [5.41, 5.74) is -0.786. The van der Waals surface area contributed by atoms with Gasteiger partial charge in [-0.15, -0.1) is 0 Å². The number of nitrogens with one attached hydrogen (secondary N) is 1. The smallest absolute Gasteiger partial charge is 0.236 e. The SMILES string of the molecule is CN(C)C(=O)CNC(C)(CO)CO. The first-order valence-electron chi connectivity index (χ1n) is 4.12. The Morgan fingerprint density at radius 3 is 2.15 bits per heavy atom. The molecule has 0 aliphatic rings. The molecule has 3 N–H and O–H groups in total. The first-order chi connectivity index (χ1) is 5.95. The Balaban J connectivity index is 3.92. The quantitative estimate of drug-likeness (QED) is 0.488. The lowest BCUT2D eigenvalue weighted by molar-refractivity contribution is -0.128. The number of hydrogen-bond donors (Lipinski definition) is 3. The molecule has 0 atom stereocenters. The van der Waals surface area contributed by atoms with Gasteiger partial charge < -0.3 is 15.1 Å². The van der Waals surface area contributed by atoms with Gasteiger partial charge in [0.1, 0.15) is 0 Å². The van der Waals surface area contributed by atoms with Gasteiger partial charge in [0.15, 0.2) is 0 Å². The van der Waals surface area contributed by atoms with Crippen LogP contribution in [0.3, 0.4) is 0 Å². The minimum atomic E-state index is -0.786. The van der Waals surface area contributed by atoms with Crippen LogP contribution in [0.5, 0.6) is 0 Å². The van der Waals surface area contributed by atoms with Crippen LogP contribution in [0.1, 0.15) is 6.92 Å². The monoisotopic (exact) mass is 190 g/mol. The van der Waals surface area contributed by atoms with Crippen LogP contribution >= 0.6 is 0 Å². The first-order valence-corrected chi connectivity index (χ1v) is 4.12. The summed E-state index contributed by atoms with van der Waals surface area (Å²) in [6, 6.07) is 0. The number of rotatable bonds is 5. The van der Waals surface area contributed by atoms with Crippen molar-refractivity contribution in [1.82, 2.24) is 10.2 Å². The van der Waals surface area contributed by atoms with Gasteiger partial charge in [-0.2, -0.15) is 0 Å². The Morgan fingerprint density at radius 2 is 1.85 bits per heavy atom. The van der Waals surface area contributed by atoms with Gasteiger partial charge in [0, 0.05) is 14.1 Å². The van der Waals surface area contributed by atoms with E-state index in [4.69, 9.17) is 10.2 Å². The molecule has 5 heteroatoms. The van der Waals surface area contributed by atoms with E-state index in [1.807, 2.05) is 0 Å². The van der Waals surface area contributed by atoms with Crippen LogP contribution in [-0.2, 0) is 4.79 Å². The molecule has 0 fully saturated rings. The van der Waals surface area contributed by atoms with Crippen molar-refractivity contribution in [1.29, 1.82) is 0 Å². The second kappa shape index (κ2) is 5.16. The van der Waals surface area contributed by atoms with Crippen molar-refractivity contribution in [3.05, 3.63) is 0 Å². The largest absolute Gasteiger partial charge is 0.394 e. The summed E-state index contributed by atoms with van der Waals surface area (Å²) in [6.45, 7) is 1.36. The number of nitrogens with zero attached hydrogens (tertiary/aromatic N) is 1. The first kappa shape index (κ1) is 12.3. The summed E-state index contributed by atoms with van der Waals surface area (Å²) in [5, 5.41) is 20.6. The number of likely N-dealkylation sites (N-methyl/N-ethyl adjacent to an activating group) is 1. The van der Waals surface area contributed by atoms with Gasteiger partial charge >= 0.3 is 0 Å². The van der Waals surface area contributed by atoms with Crippen molar-refractivity contribution < 1.29 is 15.0 Å². The molecule has 1 amide bonds. The summed E-state index contributed by atoms with van der Waals surface area (Å²) in [4.78, 5) is 12.6. The lowest BCUT2D eigenvalue weighted by Gasteiger charge is -2.26. The molecular formula is C8H18N2O3. The van der Waals surface area contributed by atoms with Gasteiger partial charge in [-0.3, -0.25) is 10.1 Å². The van der Waals surface area contributed by atoms with E-state index in [0.29, 0.717) is 0 Å². The fourth-order valence-corrected chi connectivity index (χ4v) is 0.609. The molecule has 5 nitrogen and oxygen atoms in total. The van der Waals surface area contributed by atoms with E-state index in [9.17, 15) is 4.79 Å². The highest BCUT2D eigenvalue weighted by molar-refractivity contribution is 5.77. The van der Waals surface area contributed by atoms with Crippen molar-refractivity contribution in [3.8, 4) is 0 Å². The molecule has 0 bridgehead atoms. The third kappa shape index (κ3) is 4.21. The van der Waals surface area contributed by atoms with Crippen molar-refractivity contribution in [2.45, 2.75) is 12.5 Å². The molecule has 0 aliphatic carbocycles. The van der Waals surface area contributed by atoms with Crippen molar-refractivity contribution in [3.63, 3.8) is 0 Å². The van der Waals surface area contributed by atoms with E-state index < -0.39 is 5.54 Å². The van der Waals surface area contributed by atoms with Crippen LogP contribution in [-0.4, -0.2) is 60.4 Å². The number of amides is 1.